The third-order valence-corrected chi connectivity index (χ3v) is 4.63. The molecule has 1 aliphatic carbocycles. The van der Waals surface area contributed by atoms with Gasteiger partial charge in [-0.1, -0.05) is 0 Å². The van der Waals surface area contributed by atoms with Crippen molar-refractivity contribution >= 4 is 24.8 Å². The van der Waals surface area contributed by atoms with Gasteiger partial charge in [0.15, 0.2) is 0 Å². The van der Waals surface area contributed by atoms with Crippen molar-refractivity contribution in [1.29, 1.82) is 0 Å². The molecule has 0 aromatic rings. The molecule has 2 aliphatic heterocycles. The average molecular weight is 297 g/mol. The predicted octanol–water partition coefficient (Wildman–Crippen LogP) is 1.80. The first-order valence-electron chi connectivity index (χ1n) is 6.75. The monoisotopic (exact) mass is 296 g/mol. The summed E-state index contributed by atoms with van der Waals surface area (Å²) in [6.45, 7) is 6.90. The molecular weight excluding hydrogens is 271 g/mol. The maximum Gasteiger partial charge on any atom is 0.0512 e. The van der Waals surface area contributed by atoms with Crippen LogP contribution in [0.25, 0.3) is 0 Å². The minimum atomic E-state index is 0. The Morgan fingerprint density at radius 1 is 1.28 bits per heavy atom. The number of halogens is 2. The van der Waals surface area contributed by atoms with Crippen LogP contribution in [0.1, 0.15) is 19.3 Å². The zero-order valence-electron chi connectivity index (χ0n) is 11.2. The van der Waals surface area contributed by atoms with Gasteiger partial charge in [0, 0.05) is 37.6 Å². The van der Waals surface area contributed by atoms with Gasteiger partial charge in [-0.25, -0.2) is 0 Å². The maximum absolute atomic E-state index is 5.92. The molecule has 0 aromatic heterocycles. The van der Waals surface area contributed by atoms with E-state index in [-0.39, 0.29) is 24.8 Å². The van der Waals surface area contributed by atoms with Crippen LogP contribution in [0, 0.1) is 17.3 Å². The van der Waals surface area contributed by atoms with Gasteiger partial charge in [-0.3, -0.25) is 0 Å². The number of rotatable bonds is 4. The van der Waals surface area contributed by atoms with Crippen LogP contribution in [0.15, 0.2) is 0 Å². The van der Waals surface area contributed by atoms with E-state index in [0.29, 0.717) is 5.41 Å². The molecule has 3 fully saturated rings. The van der Waals surface area contributed by atoms with Gasteiger partial charge in [0.1, 0.15) is 0 Å². The normalized spacial score (nSPS) is 35.5. The molecule has 1 saturated carbocycles. The van der Waals surface area contributed by atoms with Crippen LogP contribution >= 0.6 is 24.8 Å². The highest BCUT2D eigenvalue weighted by Crippen LogP contribution is 2.41. The first-order chi connectivity index (χ1) is 7.78. The summed E-state index contributed by atoms with van der Waals surface area (Å²) in [6, 6.07) is 0. The van der Waals surface area contributed by atoms with E-state index in [1.807, 2.05) is 0 Å². The predicted molar refractivity (Wildman–Crippen MR) is 78.9 cm³/mol. The van der Waals surface area contributed by atoms with Gasteiger partial charge < -0.3 is 15.0 Å². The Balaban J connectivity index is 0.000000810. The Morgan fingerprint density at radius 2 is 2.06 bits per heavy atom. The molecular formula is C13H26Cl2N2O. The molecule has 2 atom stereocenters. The summed E-state index contributed by atoms with van der Waals surface area (Å²) in [5, 5.41) is 3.53. The van der Waals surface area contributed by atoms with Crippen LogP contribution in [0.4, 0.5) is 0 Å². The number of hydrogen-bond donors (Lipinski definition) is 1. The summed E-state index contributed by atoms with van der Waals surface area (Å²) in [4.78, 5) is 2.48. The lowest BCUT2D eigenvalue weighted by atomic mass is 9.78. The molecule has 0 radical (unpaired) electrons. The second-order valence-corrected chi connectivity index (χ2v) is 6.16. The Bertz CT molecular complexity index is 255. The molecule has 3 rings (SSSR count). The van der Waals surface area contributed by atoms with Gasteiger partial charge in [-0.15, -0.1) is 24.8 Å². The highest BCUT2D eigenvalue weighted by atomic mass is 35.5. The van der Waals surface area contributed by atoms with Crippen molar-refractivity contribution in [1.82, 2.24) is 10.2 Å². The molecule has 0 bridgehead atoms. The average Bonchev–Trinajstić information content (AvgIpc) is 2.87. The second kappa shape index (κ2) is 6.76. The van der Waals surface area contributed by atoms with Crippen molar-refractivity contribution in [3.8, 4) is 0 Å². The smallest absolute Gasteiger partial charge is 0.0512 e. The molecule has 1 spiro atoms. The zero-order chi connectivity index (χ0) is 11.0. The van der Waals surface area contributed by atoms with E-state index >= 15 is 0 Å². The first kappa shape index (κ1) is 16.5. The van der Waals surface area contributed by atoms with Crippen molar-refractivity contribution in [2.24, 2.45) is 17.3 Å². The van der Waals surface area contributed by atoms with Gasteiger partial charge in [0.25, 0.3) is 0 Å². The molecule has 2 saturated heterocycles. The molecule has 0 unspecified atom stereocenters. The zero-order valence-corrected chi connectivity index (χ0v) is 12.8. The summed E-state index contributed by atoms with van der Waals surface area (Å²) < 4.78 is 5.92. The fraction of sp³-hybridized carbons (Fsp3) is 1.00. The lowest BCUT2D eigenvalue weighted by Crippen LogP contribution is -2.35. The Hall–Kier alpha value is 0.460. The van der Waals surface area contributed by atoms with Crippen LogP contribution in [0.3, 0.4) is 0 Å². The molecule has 2 heterocycles. The molecule has 5 heteroatoms. The molecule has 3 aliphatic rings. The molecule has 3 nitrogen and oxygen atoms in total. The lowest BCUT2D eigenvalue weighted by molar-refractivity contribution is 0.0598. The SMILES string of the molecule is CN1C[C@H](COCC2CC2)[C@]2(CCNC2)C1.Cl.Cl. The Morgan fingerprint density at radius 3 is 2.67 bits per heavy atom. The molecule has 0 amide bonds. The number of ether oxygens (including phenoxy) is 1. The summed E-state index contributed by atoms with van der Waals surface area (Å²) in [5.74, 6) is 1.66. The van der Waals surface area contributed by atoms with Gasteiger partial charge in [-0.2, -0.15) is 0 Å². The van der Waals surface area contributed by atoms with Crippen molar-refractivity contribution in [2.75, 3.05) is 46.4 Å². The molecule has 18 heavy (non-hydrogen) atoms. The van der Waals surface area contributed by atoms with Crippen molar-refractivity contribution in [3.63, 3.8) is 0 Å². The molecule has 0 aromatic carbocycles. The minimum absolute atomic E-state index is 0. The molecule has 108 valence electrons. The van der Waals surface area contributed by atoms with Crippen LogP contribution in [0.2, 0.25) is 0 Å². The van der Waals surface area contributed by atoms with Gasteiger partial charge in [0.2, 0.25) is 0 Å². The van der Waals surface area contributed by atoms with E-state index in [1.54, 1.807) is 0 Å². The highest BCUT2D eigenvalue weighted by molar-refractivity contribution is 5.85. The third kappa shape index (κ3) is 3.51. The maximum atomic E-state index is 5.92. The minimum Gasteiger partial charge on any atom is -0.381 e. The quantitative estimate of drug-likeness (QED) is 0.856. The molecule has 1 N–H and O–H groups in total. The first-order valence-corrected chi connectivity index (χ1v) is 6.75. The fourth-order valence-electron chi connectivity index (χ4n) is 3.44. The number of nitrogens with zero attached hydrogens (tertiary/aromatic N) is 1. The second-order valence-electron chi connectivity index (χ2n) is 6.16. The lowest BCUT2D eigenvalue weighted by Gasteiger charge is -2.29. The van der Waals surface area contributed by atoms with E-state index in [9.17, 15) is 0 Å². The number of nitrogens with one attached hydrogen (secondary N) is 1. The van der Waals surface area contributed by atoms with Crippen molar-refractivity contribution in [2.45, 2.75) is 19.3 Å². The fourth-order valence-corrected chi connectivity index (χ4v) is 3.44. The van der Waals surface area contributed by atoms with E-state index in [1.165, 1.54) is 45.4 Å². The standard InChI is InChI=1S/C13H24N2O.2ClH/c1-15-6-12(8-16-7-11-2-3-11)13(10-15)4-5-14-9-13;;/h11-12,14H,2-10H2,1H3;2*1H/t12-,13+;;/m1../s1. The van der Waals surface area contributed by atoms with E-state index in [4.69, 9.17) is 4.74 Å². The highest BCUT2D eigenvalue weighted by Gasteiger charge is 2.47. The Labute approximate surface area is 123 Å². The number of likely N-dealkylation sites (tertiary alicyclic amines) is 1. The van der Waals surface area contributed by atoms with Crippen LogP contribution < -0.4 is 5.32 Å². The van der Waals surface area contributed by atoms with Crippen molar-refractivity contribution < 1.29 is 4.74 Å². The summed E-state index contributed by atoms with van der Waals surface area (Å²) in [5.41, 5.74) is 0.526. The number of hydrogen-bond acceptors (Lipinski definition) is 3. The van der Waals surface area contributed by atoms with Gasteiger partial charge in [-0.05, 0) is 38.8 Å². The topological polar surface area (TPSA) is 24.5 Å². The van der Waals surface area contributed by atoms with Crippen LogP contribution in [-0.4, -0.2) is 51.3 Å². The van der Waals surface area contributed by atoms with E-state index in [2.05, 4.69) is 17.3 Å². The Kier molecular flexibility index (Phi) is 6.20. The van der Waals surface area contributed by atoms with Crippen molar-refractivity contribution in [3.05, 3.63) is 0 Å². The van der Waals surface area contributed by atoms with Crippen LogP contribution in [-0.2, 0) is 4.74 Å². The van der Waals surface area contributed by atoms with Crippen LogP contribution in [0.5, 0.6) is 0 Å². The third-order valence-electron chi connectivity index (χ3n) is 4.63. The van der Waals surface area contributed by atoms with E-state index in [0.717, 1.165) is 25.0 Å². The van der Waals surface area contributed by atoms with Gasteiger partial charge >= 0.3 is 0 Å². The van der Waals surface area contributed by atoms with Gasteiger partial charge in [0.05, 0.1) is 6.61 Å². The summed E-state index contributed by atoms with van der Waals surface area (Å²) in [6.07, 6.45) is 4.14. The summed E-state index contributed by atoms with van der Waals surface area (Å²) in [7, 11) is 2.25. The van der Waals surface area contributed by atoms with E-state index < -0.39 is 0 Å². The summed E-state index contributed by atoms with van der Waals surface area (Å²) >= 11 is 0. The largest absolute Gasteiger partial charge is 0.381 e.